The first-order chi connectivity index (χ1) is 9.93. The summed E-state index contributed by atoms with van der Waals surface area (Å²) in [6.45, 7) is 1.83. The lowest BCUT2D eigenvalue weighted by Crippen LogP contribution is -2.07. The van der Waals surface area contributed by atoms with Crippen LogP contribution < -0.4 is 4.74 Å². The Morgan fingerprint density at radius 3 is 2.29 bits per heavy atom. The van der Waals surface area contributed by atoms with E-state index in [0.29, 0.717) is 11.3 Å². The molecule has 0 spiro atoms. The molecule has 0 aliphatic carbocycles. The van der Waals surface area contributed by atoms with Crippen LogP contribution in [0.2, 0.25) is 0 Å². The highest BCUT2D eigenvalue weighted by molar-refractivity contribution is 5.93. The summed E-state index contributed by atoms with van der Waals surface area (Å²) in [6, 6.07) is 9.36. The van der Waals surface area contributed by atoms with Crippen LogP contribution >= 0.6 is 0 Å². The van der Waals surface area contributed by atoms with E-state index >= 15 is 0 Å². The van der Waals surface area contributed by atoms with Gasteiger partial charge in [-0.1, -0.05) is 19.1 Å². The quantitative estimate of drug-likeness (QED) is 0.805. The molecule has 1 atom stereocenters. The second kappa shape index (κ2) is 5.75. The Kier molecular flexibility index (Phi) is 4.03. The van der Waals surface area contributed by atoms with Crippen molar-refractivity contribution in [3.63, 3.8) is 0 Å². The molecule has 0 heterocycles. The van der Waals surface area contributed by atoms with Gasteiger partial charge in [0.25, 0.3) is 0 Å². The molecule has 0 aromatic heterocycles. The number of hydrogen-bond donors (Lipinski definition) is 3. The summed E-state index contributed by atoms with van der Waals surface area (Å²) in [4.78, 5) is 11.4. The third kappa shape index (κ3) is 2.91. The minimum absolute atomic E-state index is 0.137. The third-order valence-electron chi connectivity index (χ3n) is 3.43. The fraction of sp³-hybridized carbons (Fsp3) is 0.188. The van der Waals surface area contributed by atoms with Crippen LogP contribution in [0.15, 0.2) is 36.4 Å². The molecule has 3 N–H and O–H groups in total. The number of ether oxygens (including phenoxy) is 1. The van der Waals surface area contributed by atoms with Crippen molar-refractivity contribution in [3.8, 4) is 17.2 Å². The van der Waals surface area contributed by atoms with Crippen LogP contribution in [-0.2, 0) is 0 Å². The molecule has 0 aliphatic rings. The summed E-state index contributed by atoms with van der Waals surface area (Å²) in [5.74, 6) is -1.29. The van der Waals surface area contributed by atoms with E-state index in [-0.39, 0.29) is 23.0 Å². The van der Waals surface area contributed by atoms with E-state index in [0.717, 1.165) is 5.56 Å². The van der Waals surface area contributed by atoms with E-state index in [2.05, 4.69) is 0 Å². The molecule has 0 saturated heterocycles. The molecule has 2 aromatic carbocycles. The van der Waals surface area contributed by atoms with Crippen molar-refractivity contribution in [2.75, 3.05) is 7.11 Å². The predicted molar refractivity (Wildman–Crippen MR) is 77.2 cm³/mol. The lowest BCUT2D eigenvalue weighted by atomic mass is 9.89. The van der Waals surface area contributed by atoms with Crippen molar-refractivity contribution >= 4 is 5.97 Å². The van der Waals surface area contributed by atoms with Crippen LogP contribution in [0.25, 0.3) is 0 Å². The Hall–Kier alpha value is -2.69. The predicted octanol–water partition coefficient (Wildman–Crippen LogP) is 2.96. The molecule has 1 unspecified atom stereocenters. The zero-order chi connectivity index (χ0) is 15.6. The van der Waals surface area contributed by atoms with E-state index in [1.54, 1.807) is 18.2 Å². The van der Waals surface area contributed by atoms with Crippen LogP contribution in [0.3, 0.4) is 0 Å². The van der Waals surface area contributed by atoms with Crippen molar-refractivity contribution < 1.29 is 24.9 Å². The second-order valence-electron chi connectivity index (χ2n) is 4.73. The molecular formula is C16H16O5. The highest BCUT2D eigenvalue weighted by Crippen LogP contribution is 2.35. The molecule has 21 heavy (non-hydrogen) atoms. The minimum atomic E-state index is -1.20. The van der Waals surface area contributed by atoms with Gasteiger partial charge in [-0.25, -0.2) is 4.79 Å². The molecule has 0 amide bonds. The molecular weight excluding hydrogens is 272 g/mol. The minimum Gasteiger partial charge on any atom is -0.508 e. The zero-order valence-corrected chi connectivity index (χ0v) is 11.7. The van der Waals surface area contributed by atoms with Crippen molar-refractivity contribution in [2.45, 2.75) is 12.8 Å². The Labute approximate surface area is 122 Å². The SMILES string of the molecule is COc1cc(O)c(C(=O)O)c(C(C)c2ccc(O)cc2)c1. The lowest BCUT2D eigenvalue weighted by molar-refractivity contribution is 0.0692. The number of methoxy groups -OCH3 is 1. The summed E-state index contributed by atoms with van der Waals surface area (Å²) < 4.78 is 5.08. The highest BCUT2D eigenvalue weighted by atomic mass is 16.5. The van der Waals surface area contributed by atoms with E-state index in [9.17, 15) is 20.1 Å². The largest absolute Gasteiger partial charge is 0.508 e. The fourth-order valence-electron chi connectivity index (χ4n) is 2.26. The summed E-state index contributed by atoms with van der Waals surface area (Å²) in [7, 11) is 1.45. The van der Waals surface area contributed by atoms with Gasteiger partial charge in [-0.2, -0.15) is 0 Å². The number of aromatic hydroxyl groups is 2. The zero-order valence-electron chi connectivity index (χ0n) is 11.7. The van der Waals surface area contributed by atoms with Crippen molar-refractivity contribution in [1.29, 1.82) is 0 Å². The Balaban J connectivity index is 2.57. The van der Waals surface area contributed by atoms with Crippen molar-refractivity contribution in [1.82, 2.24) is 0 Å². The molecule has 0 bridgehead atoms. The monoisotopic (exact) mass is 288 g/mol. The van der Waals surface area contributed by atoms with E-state index in [1.807, 2.05) is 6.92 Å². The van der Waals surface area contributed by atoms with Gasteiger partial charge in [0.05, 0.1) is 7.11 Å². The topological polar surface area (TPSA) is 87.0 Å². The first-order valence-corrected chi connectivity index (χ1v) is 6.37. The number of hydrogen-bond acceptors (Lipinski definition) is 4. The first-order valence-electron chi connectivity index (χ1n) is 6.37. The average Bonchev–Trinajstić information content (AvgIpc) is 2.45. The number of phenolic OH excluding ortho intramolecular Hbond substituents is 1. The van der Waals surface area contributed by atoms with Gasteiger partial charge in [0.15, 0.2) is 0 Å². The summed E-state index contributed by atoms with van der Waals surface area (Å²) in [6.07, 6.45) is 0. The molecule has 5 heteroatoms. The van der Waals surface area contributed by atoms with Crippen LogP contribution in [0.4, 0.5) is 0 Å². The third-order valence-corrected chi connectivity index (χ3v) is 3.43. The number of carboxylic acids is 1. The van der Waals surface area contributed by atoms with E-state index < -0.39 is 5.97 Å². The van der Waals surface area contributed by atoms with Gasteiger partial charge in [0, 0.05) is 12.0 Å². The van der Waals surface area contributed by atoms with E-state index in [4.69, 9.17) is 4.74 Å². The average molecular weight is 288 g/mol. The molecule has 0 aliphatic heterocycles. The van der Waals surface area contributed by atoms with E-state index in [1.165, 1.54) is 25.3 Å². The molecule has 2 rings (SSSR count). The van der Waals surface area contributed by atoms with Crippen LogP contribution in [0.1, 0.15) is 34.3 Å². The Bertz CT molecular complexity index is 661. The van der Waals surface area contributed by atoms with Gasteiger partial charge in [-0.05, 0) is 29.3 Å². The number of carbonyl (C=O) groups is 1. The number of carboxylic acid groups (broad SMARTS) is 1. The normalized spacial score (nSPS) is 11.9. The lowest BCUT2D eigenvalue weighted by Gasteiger charge is -2.17. The van der Waals surface area contributed by atoms with Gasteiger partial charge in [0.2, 0.25) is 0 Å². The van der Waals surface area contributed by atoms with Gasteiger partial charge in [-0.3, -0.25) is 0 Å². The molecule has 0 radical (unpaired) electrons. The van der Waals surface area contributed by atoms with Crippen molar-refractivity contribution in [2.24, 2.45) is 0 Å². The van der Waals surface area contributed by atoms with Crippen molar-refractivity contribution in [3.05, 3.63) is 53.1 Å². The molecule has 0 saturated carbocycles. The second-order valence-corrected chi connectivity index (χ2v) is 4.73. The fourth-order valence-corrected chi connectivity index (χ4v) is 2.26. The molecule has 5 nitrogen and oxygen atoms in total. The number of aromatic carboxylic acids is 1. The molecule has 0 fully saturated rings. The summed E-state index contributed by atoms with van der Waals surface area (Å²) in [5, 5.41) is 28.5. The van der Waals surface area contributed by atoms with Crippen LogP contribution in [-0.4, -0.2) is 28.4 Å². The number of rotatable bonds is 4. The first kappa shape index (κ1) is 14.7. The summed E-state index contributed by atoms with van der Waals surface area (Å²) >= 11 is 0. The number of benzene rings is 2. The van der Waals surface area contributed by atoms with Gasteiger partial charge in [-0.15, -0.1) is 0 Å². The maximum atomic E-state index is 11.4. The smallest absolute Gasteiger partial charge is 0.339 e. The maximum absolute atomic E-state index is 11.4. The standard InChI is InChI=1S/C16H16O5/c1-9(10-3-5-11(17)6-4-10)13-7-12(21-2)8-14(18)15(13)16(19)20/h3-9,17-18H,1-2H3,(H,19,20). The number of phenols is 2. The maximum Gasteiger partial charge on any atom is 0.339 e. The Morgan fingerprint density at radius 2 is 1.76 bits per heavy atom. The van der Waals surface area contributed by atoms with Crippen LogP contribution in [0, 0.1) is 0 Å². The van der Waals surface area contributed by atoms with Gasteiger partial charge in [0.1, 0.15) is 22.8 Å². The van der Waals surface area contributed by atoms with Gasteiger partial charge < -0.3 is 20.1 Å². The molecule has 2 aromatic rings. The molecule has 110 valence electrons. The van der Waals surface area contributed by atoms with Crippen LogP contribution in [0.5, 0.6) is 17.2 Å². The summed E-state index contributed by atoms with van der Waals surface area (Å²) in [5.41, 5.74) is 1.13. The Morgan fingerprint density at radius 1 is 1.14 bits per heavy atom. The highest BCUT2D eigenvalue weighted by Gasteiger charge is 2.22. The van der Waals surface area contributed by atoms with Gasteiger partial charge >= 0.3 is 5.97 Å².